The van der Waals surface area contributed by atoms with Crippen LogP contribution in [0.1, 0.15) is 37.3 Å². The second kappa shape index (κ2) is 10.1. The highest BCUT2D eigenvalue weighted by atomic mass is 16.3. The topological polar surface area (TPSA) is 133 Å². The Labute approximate surface area is 198 Å². The van der Waals surface area contributed by atoms with Gasteiger partial charge < -0.3 is 21.1 Å². The third-order valence-corrected chi connectivity index (χ3v) is 6.00. The van der Waals surface area contributed by atoms with E-state index in [1.807, 2.05) is 56.3 Å². The first kappa shape index (κ1) is 22.9. The van der Waals surface area contributed by atoms with E-state index >= 15 is 0 Å². The zero-order valence-corrected chi connectivity index (χ0v) is 19.2. The molecule has 0 saturated heterocycles. The van der Waals surface area contributed by atoms with Crippen LogP contribution in [0.5, 0.6) is 0 Å². The number of anilines is 2. The lowest BCUT2D eigenvalue weighted by atomic mass is 9.81. The first-order chi connectivity index (χ1) is 16.5. The number of nitrogens with zero attached hydrogens (tertiary/aromatic N) is 3. The fourth-order valence-electron chi connectivity index (χ4n) is 4.21. The molecule has 0 bridgehead atoms. The summed E-state index contributed by atoms with van der Waals surface area (Å²) in [4.78, 5) is 0. The summed E-state index contributed by atoms with van der Waals surface area (Å²) < 4.78 is 0. The molecule has 1 aliphatic rings. The lowest BCUT2D eigenvalue weighted by molar-refractivity contribution is 0.292. The quantitative estimate of drug-likeness (QED) is 0.322. The maximum absolute atomic E-state index is 9.78. The highest BCUT2D eigenvalue weighted by Gasteiger charge is 2.29. The number of aliphatic hydroxyl groups is 1. The van der Waals surface area contributed by atoms with Crippen molar-refractivity contribution in [2.24, 2.45) is 0 Å². The Morgan fingerprint density at radius 3 is 2.35 bits per heavy atom. The molecule has 1 aliphatic heterocycles. The molecule has 172 valence electrons. The Kier molecular flexibility index (Phi) is 6.82. The SMILES string of the molecule is CC1=C(C#N)C(c2ccc3[nH]nc(NCc4ccc(NCCCO)cc4)c3c2)C(C#N)=C(C)N1. The van der Waals surface area contributed by atoms with Crippen LogP contribution >= 0.6 is 0 Å². The molecule has 0 aliphatic carbocycles. The van der Waals surface area contributed by atoms with Crippen molar-refractivity contribution in [1.82, 2.24) is 15.5 Å². The molecule has 8 heteroatoms. The van der Waals surface area contributed by atoms with Crippen LogP contribution in [0.25, 0.3) is 10.9 Å². The van der Waals surface area contributed by atoms with Gasteiger partial charge in [-0.2, -0.15) is 15.6 Å². The Balaban J connectivity index is 1.57. The zero-order valence-electron chi connectivity index (χ0n) is 19.2. The van der Waals surface area contributed by atoms with Crippen molar-refractivity contribution in [3.05, 3.63) is 76.1 Å². The molecule has 34 heavy (non-hydrogen) atoms. The summed E-state index contributed by atoms with van der Waals surface area (Å²) in [5, 5.41) is 46.7. The highest BCUT2D eigenvalue weighted by molar-refractivity contribution is 5.90. The number of nitriles is 2. The first-order valence-corrected chi connectivity index (χ1v) is 11.2. The maximum atomic E-state index is 9.78. The summed E-state index contributed by atoms with van der Waals surface area (Å²) in [5.41, 5.74) is 6.51. The van der Waals surface area contributed by atoms with E-state index in [4.69, 9.17) is 5.11 Å². The van der Waals surface area contributed by atoms with Gasteiger partial charge in [0.25, 0.3) is 0 Å². The van der Waals surface area contributed by atoms with Gasteiger partial charge in [-0.25, -0.2) is 0 Å². The van der Waals surface area contributed by atoms with Crippen LogP contribution in [0.15, 0.2) is 65.0 Å². The molecule has 2 aromatic carbocycles. The number of H-pyrrole nitrogens is 1. The number of rotatable bonds is 8. The third-order valence-electron chi connectivity index (χ3n) is 6.00. The van der Waals surface area contributed by atoms with E-state index in [-0.39, 0.29) is 6.61 Å². The van der Waals surface area contributed by atoms with Gasteiger partial charge in [0, 0.05) is 42.2 Å². The summed E-state index contributed by atoms with van der Waals surface area (Å²) in [6.07, 6.45) is 0.714. The average molecular weight is 454 g/mol. The number of fused-ring (bicyclic) bond motifs is 1. The molecule has 0 spiro atoms. The minimum absolute atomic E-state index is 0.174. The predicted molar refractivity (Wildman–Crippen MR) is 133 cm³/mol. The van der Waals surface area contributed by atoms with E-state index in [9.17, 15) is 10.5 Å². The molecule has 0 amide bonds. The largest absolute Gasteiger partial charge is 0.396 e. The van der Waals surface area contributed by atoms with Crippen molar-refractivity contribution in [2.45, 2.75) is 32.7 Å². The van der Waals surface area contributed by atoms with Crippen LogP contribution in [0.4, 0.5) is 11.5 Å². The molecule has 0 atom stereocenters. The van der Waals surface area contributed by atoms with Crippen LogP contribution in [-0.2, 0) is 6.54 Å². The predicted octanol–water partition coefficient (Wildman–Crippen LogP) is 4.25. The number of aromatic nitrogens is 2. The van der Waals surface area contributed by atoms with Crippen LogP contribution in [0.2, 0.25) is 0 Å². The molecule has 3 aromatic rings. The molecule has 0 unspecified atom stereocenters. The Morgan fingerprint density at radius 2 is 1.71 bits per heavy atom. The molecular formula is C26H27N7O. The third kappa shape index (κ3) is 4.59. The number of allylic oxidation sites excluding steroid dienone is 4. The first-order valence-electron chi connectivity index (χ1n) is 11.2. The minimum Gasteiger partial charge on any atom is -0.396 e. The van der Waals surface area contributed by atoms with Crippen molar-refractivity contribution in [3.63, 3.8) is 0 Å². The van der Waals surface area contributed by atoms with Gasteiger partial charge in [-0.1, -0.05) is 18.2 Å². The highest BCUT2D eigenvalue weighted by Crippen LogP contribution is 2.38. The Morgan fingerprint density at radius 1 is 1.00 bits per heavy atom. The van der Waals surface area contributed by atoms with Crippen LogP contribution in [0, 0.1) is 22.7 Å². The second-order valence-corrected chi connectivity index (χ2v) is 8.29. The van der Waals surface area contributed by atoms with Crippen LogP contribution in [0.3, 0.4) is 0 Å². The normalized spacial score (nSPS) is 14.0. The van der Waals surface area contributed by atoms with Gasteiger partial charge in [0.15, 0.2) is 5.82 Å². The molecular weight excluding hydrogens is 426 g/mol. The van der Waals surface area contributed by atoms with Crippen LogP contribution in [-0.4, -0.2) is 28.5 Å². The number of nitrogens with one attached hydrogen (secondary N) is 4. The lowest BCUT2D eigenvalue weighted by Crippen LogP contribution is -2.23. The van der Waals surface area contributed by atoms with Crippen molar-refractivity contribution in [3.8, 4) is 12.1 Å². The molecule has 5 N–H and O–H groups in total. The average Bonchev–Trinajstić information content (AvgIpc) is 3.25. The number of aromatic amines is 1. The van der Waals surface area contributed by atoms with Crippen molar-refractivity contribution in [1.29, 1.82) is 10.5 Å². The Hall–Kier alpha value is -4.27. The van der Waals surface area contributed by atoms with E-state index in [0.717, 1.165) is 45.7 Å². The summed E-state index contributed by atoms with van der Waals surface area (Å²) >= 11 is 0. The van der Waals surface area contributed by atoms with E-state index in [1.54, 1.807) is 0 Å². The van der Waals surface area contributed by atoms with Gasteiger partial charge in [-0.05, 0) is 55.7 Å². The summed E-state index contributed by atoms with van der Waals surface area (Å²) in [7, 11) is 0. The van der Waals surface area contributed by atoms with Gasteiger partial charge >= 0.3 is 0 Å². The standard InChI is InChI=1S/C26H27N7O/c1-16-22(13-27)25(23(14-28)17(2)31-16)19-6-9-24-21(12-19)26(33-32-24)30-15-18-4-7-20(8-5-18)29-10-3-11-34/h4-9,12,25,29,31,34H,3,10-11,15H2,1-2H3,(H2,30,32,33). The van der Waals surface area contributed by atoms with Gasteiger partial charge in [0.2, 0.25) is 0 Å². The van der Waals surface area contributed by atoms with E-state index < -0.39 is 5.92 Å². The number of dihydropyridines is 1. The summed E-state index contributed by atoms with van der Waals surface area (Å²) in [6.45, 7) is 5.23. The molecule has 0 saturated carbocycles. The molecule has 0 radical (unpaired) electrons. The second-order valence-electron chi connectivity index (χ2n) is 8.29. The van der Waals surface area contributed by atoms with Gasteiger partial charge in [0.05, 0.1) is 34.7 Å². The lowest BCUT2D eigenvalue weighted by Gasteiger charge is -2.26. The van der Waals surface area contributed by atoms with E-state index in [1.165, 1.54) is 0 Å². The monoisotopic (exact) mass is 453 g/mol. The Bertz CT molecular complexity index is 1300. The molecule has 0 fully saturated rings. The minimum atomic E-state index is -0.408. The van der Waals surface area contributed by atoms with E-state index in [0.29, 0.717) is 29.9 Å². The number of hydrogen-bond donors (Lipinski definition) is 5. The van der Waals surface area contributed by atoms with Crippen molar-refractivity contribution >= 4 is 22.4 Å². The van der Waals surface area contributed by atoms with Gasteiger partial charge in [0.1, 0.15) is 0 Å². The number of hydrogen-bond acceptors (Lipinski definition) is 7. The molecule has 1 aromatic heterocycles. The van der Waals surface area contributed by atoms with E-state index in [2.05, 4.69) is 38.3 Å². The zero-order chi connectivity index (χ0) is 24.1. The number of aliphatic hydroxyl groups excluding tert-OH is 1. The summed E-state index contributed by atoms with van der Waals surface area (Å²) in [6, 6.07) is 18.6. The number of benzene rings is 2. The fraction of sp³-hybridized carbons (Fsp3) is 0.269. The van der Waals surface area contributed by atoms with Gasteiger partial charge in [-0.15, -0.1) is 0 Å². The van der Waals surface area contributed by atoms with Crippen molar-refractivity contribution < 1.29 is 5.11 Å². The molecule has 4 rings (SSSR count). The van der Waals surface area contributed by atoms with Crippen molar-refractivity contribution in [2.75, 3.05) is 23.8 Å². The summed E-state index contributed by atoms with van der Waals surface area (Å²) in [5.74, 6) is 0.309. The maximum Gasteiger partial charge on any atom is 0.156 e. The van der Waals surface area contributed by atoms with Crippen LogP contribution < -0.4 is 16.0 Å². The fourth-order valence-corrected chi connectivity index (χ4v) is 4.21. The van der Waals surface area contributed by atoms with Gasteiger partial charge in [-0.3, -0.25) is 5.10 Å². The molecule has 8 nitrogen and oxygen atoms in total. The smallest absolute Gasteiger partial charge is 0.156 e. The molecule has 2 heterocycles.